The molecule has 0 aromatic carbocycles. The number of fused-ring (bicyclic) bond motifs is 5. The van der Waals surface area contributed by atoms with Gasteiger partial charge in [-0.05, 0) is 51.2 Å². The van der Waals surface area contributed by atoms with Crippen LogP contribution in [0.25, 0.3) is 0 Å². The summed E-state index contributed by atoms with van der Waals surface area (Å²) in [6, 6.07) is 4.30. The normalized spacial score (nSPS) is 29.8. The highest BCUT2D eigenvalue weighted by atomic mass is 16.6. The van der Waals surface area contributed by atoms with Gasteiger partial charge in [-0.3, -0.25) is 9.59 Å². The number of amides is 1. The Morgan fingerprint density at radius 2 is 1.94 bits per heavy atom. The van der Waals surface area contributed by atoms with E-state index < -0.39 is 17.0 Å². The Kier molecular flexibility index (Phi) is 5.60. The molecule has 0 aromatic rings. The predicted molar refractivity (Wildman–Crippen MR) is 116 cm³/mol. The van der Waals surface area contributed by atoms with Gasteiger partial charge in [-0.25, -0.2) is 4.79 Å². The molecule has 8 nitrogen and oxygen atoms in total. The Morgan fingerprint density at radius 1 is 1.24 bits per heavy atom. The van der Waals surface area contributed by atoms with Gasteiger partial charge in [-0.2, -0.15) is 10.5 Å². The van der Waals surface area contributed by atoms with Crippen molar-refractivity contribution < 1.29 is 23.9 Å². The van der Waals surface area contributed by atoms with Crippen LogP contribution in [0.4, 0.5) is 4.79 Å². The first-order chi connectivity index (χ1) is 15.5. The molecule has 4 atom stereocenters. The molecule has 0 saturated carbocycles. The number of ketones is 1. The van der Waals surface area contributed by atoms with Gasteiger partial charge in [-0.1, -0.05) is 6.08 Å². The Morgan fingerprint density at radius 3 is 2.55 bits per heavy atom. The fourth-order valence-corrected chi connectivity index (χ4v) is 5.98. The molecule has 4 aliphatic rings. The van der Waals surface area contributed by atoms with E-state index in [9.17, 15) is 24.9 Å². The van der Waals surface area contributed by atoms with Gasteiger partial charge in [0.25, 0.3) is 0 Å². The average Bonchev–Trinajstić information content (AvgIpc) is 3.15. The second-order valence-corrected chi connectivity index (χ2v) is 10.5. The first-order valence-corrected chi connectivity index (χ1v) is 11.4. The highest BCUT2D eigenvalue weighted by molar-refractivity contribution is 6.03. The van der Waals surface area contributed by atoms with E-state index in [1.165, 1.54) is 6.92 Å². The number of hydrogen-bond acceptors (Lipinski definition) is 7. The van der Waals surface area contributed by atoms with E-state index >= 15 is 0 Å². The molecule has 174 valence electrons. The lowest BCUT2D eigenvalue weighted by molar-refractivity contribution is -0.140. The van der Waals surface area contributed by atoms with E-state index in [1.54, 1.807) is 4.90 Å². The minimum Gasteiger partial charge on any atom is -0.461 e. The molecule has 2 heterocycles. The number of piperidine rings is 1. The summed E-state index contributed by atoms with van der Waals surface area (Å²) in [5.74, 6) is -1.14. The highest BCUT2D eigenvalue weighted by Gasteiger charge is 2.58. The number of allylic oxidation sites excluding steroid dienone is 2. The van der Waals surface area contributed by atoms with Crippen molar-refractivity contribution in [2.75, 3.05) is 6.61 Å². The Balaban J connectivity index is 1.77. The molecule has 2 aliphatic carbocycles. The van der Waals surface area contributed by atoms with Crippen molar-refractivity contribution in [2.24, 2.45) is 17.3 Å². The van der Waals surface area contributed by atoms with Crippen LogP contribution in [0.1, 0.15) is 59.8 Å². The fourth-order valence-electron chi connectivity index (χ4n) is 5.98. The van der Waals surface area contributed by atoms with Crippen molar-refractivity contribution in [3.63, 3.8) is 0 Å². The lowest BCUT2D eigenvalue weighted by Crippen LogP contribution is -2.55. The van der Waals surface area contributed by atoms with Gasteiger partial charge in [0.1, 0.15) is 12.2 Å². The summed E-state index contributed by atoms with van der Waals surface area (Å²) in [6.45, 7) is 6.61. The van der Waals surface area contributed by atoms with E-state index in [-0.39, 0.29) is 55.2 Å². The molecule has 4 rings (SSSR count). The van der Waals surface area contributed by atoms with Crippen molar-refractivity contribution in [3.05, 3.63) is 22.8 Å². The number of carbonyl (C=O) groups is 3. The van der Waals surface area contributed by atoms with Gasteiger partial charge in [-0.15, -0.1) is 0 Å². The lowest BCUT2D eigenvalue weighted by Gasteiger charge is -2.46. The number of ether oxygens (including phenoxy) is 2. The van der Waals surface area contributed by atoms with Crippen LogP contribution in [0.2, 0.25) is 0 Å². The number of nitriles is 2. The summed E-state index contributed by atoms with van der Waals surface area (Å²) in [5.41, 5.74) is -0.139. The van der Waals surface area contributed by atoms with Crippen LogP contribution in [0.5, 0.6) is 0 Å². The third-order valence-electron chi connectivity index (χ3n) is 7.33. The first kappa shape index (κ1) is 23.0. The van der Waals surface area contributed by atoms with Gasteiger partial charge in [0.2, 0.25) is 0 Å². The summed E-state index contributed by atoms with van der Waals surface area (Å²) in [7, 11) is 0. The van der Waals surface area contributed by atoms with E-state index in [4.69, 9.17) is 9.47 Å². The fraction of sp³-hybridized carbons (Fsp3) is 0.640. The standard InChI is InChI=1S/C25H29N3O5/c1-14(29)32-11-19-18-10-25(12-26,13-27)20-9-16-5-6-21(17(20)7-15(18)8-22(19)30)28(16)23(31)33-24(2,3)4/h7,16-17,20-21H,5-6,8-11H2,1-4H3/t16-,17-,20?,21+/m1/s1. The van der Waals surface area contributed by atoms with Crippen LogP contribution in [-0.4, -0.2) is 47.0 Å². The molecule has 2 bridgehead atoms. The van der Waals surface area contributed by atoms with Crippen molar-refractivity contribution >= 4 is 17.8 Å². The molecule has 2 saturated heterocycles. The minimum atomic E-state index is -1.33. The zero-order valence-electron chi connectivity index (χ0n) is 19.5. The third kappa shape index (κ3) is 3.93. The molecule has 0 radical (unpaired) electrons. The van der Waals surface area contributed by atoms with Crippen molar-refractivity contribution in [3.8, 4) is 12.1 Å². The third-order valence-corrected chi connectivity index (χ3v) is 7.33. The van der Waals surface area contributed by atoms with Crippen LogP contribution >= 0.6 is 0 Å². The molecular formula is C25H29N3O5. The van der Waals surface area contributed by atoms with Crippen LogP contribution in [-0.2, 0) is 19.1 Å². The Hall–Kier alpha value is -3.13. The number of rotatable bonds is 2. The molecule has 2 fully saturated rings. The Labute approximate surface area is 193 Å². The maximum Gasteiger partial charge on any atom is 0.410 e. The molecular weight excluding hydrogens is 422 g/mol. The van der Waals surface area contributed by atoms with Crippen molar-refractivity contribution in [1.82, 2.24) is 4.90 Å². The van der Waals surface area contributed by atoms with Crippen LogP contribution in [0.15, 0.2) is 22.8 Å². The minimum absolute atomic E-state index is 0.0837. The molecule has 0 N–H and O–H groups in total. The average molecular weight is 452 g/mol. The zero-order chi connectivity index (χ0) is 24.1. The van der Waals surface area contributed by atoms with Crippen molar-refractivity contribution in [2.45, 2.75) is 77.5 Å². The molecule has 0 aromatic heterocycles. The quantitative estimate of drug-likeness (QED) is 0.588. The second-order valence-electron chi connectivity index (χ2n) is 10.5. The van der Waals surface area contributed by atoms with E-state index in [1.807, 2.05) is 26.8 Å². The zero-order valence-corrected chi connectivity index (χ0v) is 19.5. The predicted octanol–water partition coefficient (Wildman–Crippen LogP) is 3.59. The number of carbonyl (C=O) groups excluding carboxylic acids is 3. The summed E-state index contributed by atoms with van der Waals surface area (Å²) in [5, 5.41) is 20.4. The molecule has 2 aliphatic heterocycles. The molecule has 1 amide bonds. The van der Waals surface area contributed by atoms with Gasteiger partial charge < -0.3 is 14.4 Å². The molecule has 8 heteroatoms. The SMILES string of the molecule is CC(=O)OCC1=C2CC(C#N)(C#N)C3C[C@H]4CC[C@@H]([C@@H]3C=C2CC1=O)N4C(=O)OC(C)(C)C. The lowest BCUT2D eigenvalue weighted by atomic mass is 9.64. The van der Waals surface area contributed by atoms with Crippen molar-refractivity contribution in [1.29, 1.82) is 10.5 Å². The number of nitrogens with zero attached hydrogens (tertiary/aromatic N) is 3. The summed E-state index contributed by atoms with van der Waals surface area (Å²) < 4.78 is 10.8. The molecule has 0 spiro atoms. The first-order valence-electron chi connectivity index (χ1n) is 11.4. The van der Waals surface area contributed by atoms with Crippen LogP contribution in [0, 0.1) is 39.9 Å². The molecule has 1 unspecified atom stereocenters. The largest absolute Gasteiger partial charge is 0.461 e. The Bertz CT molecular complexity index is 1040. The van der Waals surface area contributed by atoms with E-state index in [0.717, 1.165) is 18.4 Å². The van der Waals surface area contributed by atoms with Crippen LogP contribution < -0.4 is 0 Å². The maximum atomic E-state index is 13.1. The number of hydrogen-bond donors (Lipinski definition) is 0. The van der Waals surface area contributed by atoms with Gasteiger partial charge in [0.05, 0.1) is 12.1 Å². The summed E-state index contributed by atoms with van der Waals surface area (Å²) in [6.07, 6.45) is 4.02. The molecule has 33 heavy (non-hydrogen) atoms. The summed E-state index contributed by atoms with van der Waals surface area (Å²) >= 11 is 0. The second kappa shape index (κ2) is 8.02. The smallest absolute Gasteiger partial charge is 0.410 e. The highest BCUT2D eigenvalue weighted by Crippen LogP contribution is 2.56. The van der Waals surface area contributed by atoms with E-state index in [2.05, 4.69) is 12.1 Å². The van der Waals surface area contributed by atoms with Gasteiger partial charge in [0, 0.05) is 49.3 Å². The number of Topliss-reactive ketones (excluding diaryl/α,β-unsaturated/α-hetero) is 1. The monoisotopic (exact) mass is 451 g/mol. The van der Waals surface area contributed by atoms with Gasteiger partial charge in [0.15, 0.2) is 11.2 Å². The van der Waals surface area contributed by atoms with E-state index in [0.29, 0.717) is 17.6 Å². The van der Waals surface area contributed by atoms with Crippen LogP contribution in [0.3, 0.4) is 0 Å². The summed E-state index contributed by atoms with van der Waals surface area (Å²) in [4.78, 5) is 39.0. The van der Waals surface area contributed by atoms with Gasteiger partial charge >= 0.3 is 12.1 Å². The topological polar surface area (TPSA) is 120 Å². The maximum absolute atomic E-state index is 13.1. The number of esters is 1.